The smallest absolute Gasteiger partial charge is 0.310 e. The van der Waals surface area contributed by atoms with Gasteiger partial charge in [-0.25, -0.2) is 5.43 Å². The highest BCUT2D eigenvalue weighted by Gasteiger charge is 2.15. The highest BCUT2D eigenvalue weighted by Crippen LogP contribution is 2.25. The molecule has 9 heteroatoms. The van der Waals surface area contributed by atoms with Crippen molar-refractivity contribution < 1.29 is 23.9 Å². The first kappa shape index (κ1) is 20.8. The van der Waals surface area contributed by atoms with E-state index in [-0.39, 0.29) is 11.4 Å². The van der Waals surface area contributed by atoms with E-state index in [9.17, 15) is 14.9 Å². The number of hydrazone groups is 1. The number of amides is 1. The molecule has 0 saturated heterocycles. The third kappa shape index (κ3) is 5.52. The Kier molecular flexibility index (Phi) is 7.46. The van der Waals surface area contributed by atoms with Gasteiger partial charge in [-0.1, -0.05) is 12.1 Å². The monoisotopic (exact) mass is 387 g/mol. The molecule has 2 rings (SSSR count). The number of rotatable bonds is 9. The summed E-state index contributed by atoms with van der Waals surface area (Å²) in [6, 6.07) is 11.3. The van der Waals surface area contributed by atoms with E-state index >= 15 is 0 Å². The van der Waals surface area contributed by atoms with Crippen LogP contribution >= 0.6 is 0 Å². The molecule has 2 aromatic rings. The van der Waals surface area contributed by atoms with Crippen molar-refractivity contribution in [1.82, 2.24) is 5.43 Å². The van der Waals surface area contributed by atoms with Gasteiger partial charge in [0.15, 0.2) is 12.4 Å². The van der Waals surface area contributed by atoms with Crippen LogP contribution in [0.1, 0.15) is 18.1 Å². The van der Waals surface area contributed by atoms with Gasteiger partial charge in [-0.05, 0) is 36.8 Å². The van der Waals surface area contributed by atoms with Crippen LogP contribution in [0.4, 0.5) is 5.69 Å². The number of hydrogen-bond donors (Lipinski definition) is 1. The summed E-state index contributed by atoms with van der Waals surface area (Å²) < 4.78 is 15.7. The molecule has 0 aromatic heterocycles. The summed E-state index contributed by atoms with van der Waals surface area (Å²) in [7, 11) is 3.16. The molecule has 9 nitrogen and oxygen atoms in total. The van der Waals surface area contributed by atoms with E-state index in [2.05, 4.69) is 10.5 Å². The van der Waals surface area contributed by atoms with E-state index < -0.39 is 17.4 Å². The van der Waals surface area contributed by atoms with Crippen LogP contribution in [0.2, 0.25) is 0 Å². The maximum absolute atomic E-state index is 12.0. The first-order valence-corrected chi connectivity index (χ1v) is 8.31. The van der Waals surface area contributed by atoms with Gasteiger partial charge in [0.2, 0.25) is 0 Å². The van der Waals surface area contributed by atoms with Gasteiger partial charge < -0.3 is 14.2 Å². The van der Waals surface area contributed by atoms with Crippen LogP contribution in [-0.2, 0) is 16.1 Å². The molecule has 0 radical (unpaired) electrons. The molecule has 0 heterocycles. The van der Waals surface area contributed by atoms with E-state index in [1.54, 1.807) is 33.3 Å². The predicted molar refractivity (Wildman–Crippen MR) is 103 cm³/mol. The maximum Gasteiger partial charge on any atom is 0.310 e. The molecule has 2 aromatic carbocycles. The minimum atomic E-state index is -0.573. The van der Waals surface area contributed by atoms with Crippen LogP contribution in [-0.4, -0.2) is 37.4 Å². The Balaban J connectivity index is 2.00. The highest BCUT2D eigenvalue weighted by molar-refractivity contribution is 5.99. The number of hydrogen-bond acceptors (Lipinski definition) is 7. The molecule has 0 fully saturated rings. The Labute approximate surface area is 162 Å². The Bertz CT molecular complexity index is 882. The fourth-order valence-corrected chi connectivity index (χ4v) is 2.39. The minimum absolute atomic E-state index is 0.0164. The number of carbonyl (C=O) groups is 1. The van der Waals surface area contributed by atoms with Crippen molar-refractivity contribution in [3.63, 3.8) is 0 Å². The summed E-state index contributed by atoms with van der Waals surface area (Å²) in [6.07, 6.45) is 0. The Morgan fingerprint density at radius 2 is 1.93 bits per heavy atom. The Morgan fingerprint density at radius 3 is 2.61 bits per heavy atom. The van der Waals surface area contributed by atoms with Crippen LogP contribution in [0.25, 0.3) is 0 Å². The topological polar surface area (TPSA) is 112 Å². The van der Waals surface area contributed by atoms with Crippen LogP contribution in [0.15, 0.2) is 47.6 Å². The minimum Gasteiger partial charge on any atom is -0.496 e. The van der Waals surface area contributed by atoms with Gasteiger partial charge in [-0.2, -0.15) is 5.10 Å². The predicted octanol–water partition coefficient (Wildman–Crippen LogP) is 2.67. The Morgan fingerprint density at radius 1 is 1.18 bits per heavy atom. The second-order valence-electron chi connectivity index (χ2n) is 5.71. The van der Waals surface area contributed by atoms with E-state index in [0.29, 0.717) is 18.1 Å². The standard InChI is InChI=1S/C19H21N3O6/c1-13(14-8-9-17(27-3)15(10-14)11-26-2)20-21-19(23)12-28-18-7-5-4-6-16(18)22(24)25/h4-10H,11-12H2,1-3H3,(H,21,23)/b20-13-. The number of ether oxygens (including phenoxy) is 3. The van der Waals surface area contributed by atoms with Crippen LogP contribution in [0.5, 0.6) is 11.5 Å². The molecule has 0 saturated carbocycles. The van der Waals surface area contributed by atoms with Gasteiger partial charge in [0.1, 0.15) is 5.75 Å². The van der Waals surface area contributed by atoms with Crippen LogP contribution < -0.4 is 14.9 Å². The number of benzene rings is 2. The van der Waals surface area contributed by atoms with Crippen molar-refractivity contribution in [3.05, 3.63) is 63.7 Å². The Hall–Kier alpha value is -3.46. The van der Waals surface area contributed by atoms with Crippen molar-refractivity contribution in [3.8, 4) is 11.5 Å². The van der Waals surface area contributed by atoms with E-state index in [1.807, 2.05) is 12.1 Å². The molecule has 28 heavy (non-hydrogen) atoms. The van der Waals surface area contributed by atoms with Crippen LogP contribution in [0, 0.1) is 10.1 Å². The highest BCUT2D eigenvalue weighted by atomic mass is 16.6. The van der Waals surface area contributed by atoms with Crippen molar-refractivity contribution in [1.29, 1.82) is 0 Å². The van der Waals surface area contributed by atoms with E-state index in [1.165, 1.54) is 18.2 Å². The molecular formula is C19H21N3O6. The molecule has 0 aliphatic heterocycles. The summed E-state index contributed by atoms with van der Waals surface area (Å²) in [5.41, 5.74) is 4.37. The average molecular weight is 387 g/mol. The van der Waals surface area contributed by atoms with Crippen molar-refractivity contribution in [2.45, 2.75) is 13.5 Å². The van der Waals surface area contributed by atoms with E-state index in [4.69, 9.17) is 14.2 Å². The molecule has 148 valence electrons. The number of carbonyl (C=O) groups excluding carboxylic acids is 1. The summed E-state index contributed by atoms with van der Waals surface area (Å²) in [5, 5.41) is 15.0. The summed E-state index contributed by atoms with van der Waals surface area (Å²) in [4.78, 5) is 22.3. The summed E-state index contributed by atoms with van der Waals surface area (Å²) in [5.74, 6) is 0.172. The molecular weight excluding hydrogens is 366 g/mol. The van der Waals surface area contributed by atoms with Gasteiger partial charge in [0.05, 0.1) is 24.4 Å². The molecule has 0 aliphatic carbocycles. The second kappa shape index (κ2) is 10.0. The normalized spacial score (nSPS) is 11.0. The molecule has 0 spiro atoms. The zero-order valence-electron chi connectivity index (χ0n) is 15.8. The van der Waals surface area contributed by atoms with Gasteiger partial charge in [-0.15, -0.1) is 0 Å². The molecule has 1 N–H and O–H groups in total. The maximum atomic E-state index is 12.0. The summed E-state index contributed by atoms with van der Waals surface area (Å²) >= 11 is 0. The molecule has 0 bridgehead atoms. The molecule has 0 atom stereocenters. The number of para-hydroxylation sites is 2. The van der Waals surface area contributed by atoms with Crippen molar-refractivity contribution >= 4 is 17.3 Å². The number of nitro groups is 1. The zero-order chi connectivity index (χ0) is 20.5. The first-order valence-electron chi connectivity index (χ1n) is 8.31. The van der Waals surface area contributed by atoms with Crippen molar-refractivity contribution in [2.75, 3.05) is 20.8 Å². The lowest BCUT2D eigenvalue weighted by Gasteiger charge is -2.10. The molecule has 0 unspecified atom stereocenters. The first-order chi connectivity index (χ1) is 13.5. The number of nitro benzene ring substituents is 1. The van der Waals surface area contributed by atoms with Gasteiger partial charge in [0.25, 0.3) is 5.91 Å². The van der Waals surface area contributed by atoms with Crippen LogP contribution in [0.3, 0.4) is 0 Å². The molecule has 1 amide bonds. The summed E-state index contributed by atoms with van der Waals surface area (Å²) in [6.45, 7) is 1.71. The largest absolute Gasteiger partial charge is 0.496 e. The third-order valence-electron chi connectivity index (χ3n) is 3.77. The quantitative estimate of drug-likeness (QED) is 0.402. The molecule has 0 aliphatic rings. The van der Waals surface area contributed by atoms with Gasteiger partial charge >= 0.3 is 5.69 Å². The van der Waals surface area contributed by atoms with E-state index in [0.717, 1.165) is 11.1 Å². The number of methoxy groups -OCH3 is 2. The lowest BCUT2D eigenvalue weighted by molar-refractivity contribution is -0.385. The SMILES string of the molecule is COCc1cc(/C(C)=N\NC(=O)COc2ccccc2[N+](=O)[O-])ccc1OC. The third-order valence-corrected chi connectivity index (χ3v) is 3.77. The number of nitrogens with one attached hydrogen (secondary N) is 1. The lowest BCUT2D eigenvalue weighted by atomic mass is 10.1. The van der Waals surface area contributed by atoms with Crippen molar-refractivity contribution in [2.24, 2.45) is 5.10 Å². The lowest BCUT2D eigenvalue weighted by Crippen LogP contribution is -2.25. The zero-order valence-corrected chi connectivity index (χ0v) is 15.8. The fourth-order valence-electron chi connectivity index (χ4n) is 2.39. The van der Waals surface area contributed by atoms with Gasteiger partial charge in [-0.3, -0.25) is 14.9 Å². The fraction of sp³-hybridized carbons (Fsp3) is 0.263. The number of nitrogens with zero attached hydrogens (tertiary/aromatic N) is 2. The van der Waals surface area contributed by atoms with Gasteiger partial charge in [0, 0.05) is 18.7 Å². The second-order valence-corrected chi connectivity index (χ2v) is 5.71. The average Bonchev–Trinajstić information content (AvgIpc) is 2.70.